The summed E-state index contributed by atoms with van der Waals surface area (Å²) in [5.41, 5.74) is 0.703. The maximum absolute atomic E-state index is 9.23. The number of hydrogen-bond donors (Lipinski definition) is 1. The van der Waals surface area contributed by atoms with Crippen LogP contribution in [0.2, 0.25) is 0 Å². The largest absolute Gasteiger partial charge is 0.392 e. The molecular weight excluding hydrogens is 256 g/mol. The lowest BCUT2D eigenvalue weighted by atomic mass is 9.77. The molecule has 0 fully saturated rings. The molecule has 1 N–H and O–H groups in total. The molecule has 3 heteroatoms. The molecule has 90 valence electrons. The molecule has 0 aromatic heterocycles. The summed E-state index contributed by atoms with van der Waals surface area (Å²) >= 11 is 3.60. The number of hydrogen-bond acceptors (Lipinski definition) is 2. The van der Waals surface area contributed by atoms with Crippen LogP contribution in [0, 0.1) is 5.41 Å². The average molecular weight is 279 g/mol. The molecule has 0 saturated heterocycles. The van der Waals surface area contributed by atoms with Crippen molar-refractivity contribution in [1.82, 2.24) is 0 Å². The second-order valence-corrected chi connectivity index (χ2v) is 5.31. The van der Waals surface area contributed by atoms with E-state index in [1.807, 2.05) is 0 Å². The first kappa shape index (κ1) is 15.1. The molecule has 2 nitrogen and oxygen atoms in total. The van der Waals surface area contributed by atoms with E-state index in [-0.39, 0.29) is 16.8 Å². The SMILES string of the molecule is C=C(CO)[C@](CC)(COCCC)C(C)Br. The second kappa shape index (κ2) is 7.42. The Morgan fingerprint density at radius 2 is 2.13 bits per heavy atom. The van der Waals surface area contributed by atoms with Gasteiger partial charge in [-0.2, -0.15) is 0 Å². The highest BCUT2D eigenvalue weighted by molar-refractivity contribution is 9.09. The van der Waals surface area contributed by atoms with Crippen molar-refractivity contribution in [2.24, 2.45) is 5.41 Å². The highest BCUT2D eigenvalue weighted by Gasteiger charge is 2.35. The maximum Gasteiger partial charge on any atom is 0.0645 e. The zero-order valence-corrected chi connectivity index (χ0v) is 11.6. The Kier molecular flexibility index (Phi) is 7.49. The van der Waals surface area contributed by atoms with Crippen molar-refractivity contribution in [1.29, 1.82) is 0 Å². The third-order valence-electron chi connectivity index (χ3n) is 3.00. The highest BCUT2D eigenvalue weighted by atomic mass is 79.9. The molecule has 0 radical (unpaired) electrons. The lowest BCUT2D eigenvalue weighted by Gasteiger charge is -2.37. The van der Waals surface area contributed by atoms with Gasteiger partial charge in [-0.05, 0) is 18.4 Å². The van der Waals surface area contributed by atoms with E-state index in [0.29, 0.717) is 6.61 Å². The quantitative estimate of drug-likeness (QED) is 0.420. The number of rotatable bonds is 8. The average Bonchev–Trinajstić information content (AvgIpc) is 2.23. The first-order valence-corrected chi connectivity index (χ1v) is 6.47. The summed E-state index contributed by atoms with van der Waals surface area (Å²) in [5.74, 6) is 0. The first-order chi connectivity index (χ1) is 7.05. The van der Waals surface area contributed by atoms with Crippen LogP contribution in [0.1, 0.15) is 33.6 Å². The van der Waals surface area contributed by atoms with Gasteiger partial charge in [-0.3, -0.25) is 0 Å². The summed E-state index contributed by atoms with van der Waals surface area (Å²) in [6, 6.07) is 0. The van der Waals surface area contributed by atoms with Gasteiger partial charge in [0.1, 0.15) is 0 Å². The van der Waals surface area contributed by atoms with Crippen molar-refractivity contribution in [2.75, 3.05) is 19.8 Å². The minimum Gasteiger partial charge on any atom is -0.392 e. The zero-order chi connectivity index (χ0) is 11.9. The Morgan fingerprint density at radius 3 is 2.47 bits per heavy atom. The van der Waals surface area contributed by atoms with Crippen molar-refractivity contribution in [3.05, 3.63) is 12.2 Å². The van der Waals surface area contributed by atoms with Gasteiger partial charge in [0.2, 0.25) is 0 Å². The van der Waals surface area contributed by atoms with Gasteiger partial charge in [0.05, 0.1) is 13.2 Å². The van der Waals surface area contributed by atoms with Crippen molar-refractivity contribution >= 4 is 15.9 Å². The van der Waals surface area contributed by atoms with E-state index in [2.05, 4.69) is 43.3 Å². The highest BCUT2D eigenvalue weighted by Crippen LogP contribution is 2.38. The van der Waals surface area contributed by atoms with Crippen molar-refractivity contribution in [3.63, 3.8) is 0 Å². The smallest absolute Gasteiger partial charge is 0.0645 e. The normalized spacial score (nSPS) is 17.1. The molecule has 0 aliphatic heterocycles. The van der Waals surface area contributed by atoms with Crippen LogP contribution >= 0.6 is 15.9 Å². The molecule has 0 rings (SSSR count). The molecule has 1 unspecified atom stereocenters. The Labute approximate surface area is 102 Å². The molecule has 0 bridgehead atoms. The third-order valence-corrected chi connectivity index (χ3v) is 3.87. The van der Waals surface area contributed by atoms with Crippen LogP contribution in [0.15, 0.2) is 12.2 Å². The molecule has 0 amide bonds. The monoisotopic (exact) mass is 278 g/mol. The van der Waals surface area contributed by atoms with Gasteiger partial charge in [-0.15, -0.1) is 0 Å². The molecule has 0 aromatic carbocycles. The summed E-state index contributed by atoms with van der Waals surface area (Å²) in [6.07, 6.45) is 1.94. The predicted octanol–water partition coefficient (Wildman–Crippen LogP) is 3.14. The number of aliphatic hydroxyl groups is 1. The van der Waals surface area contributed by atoms with E-state index in [1.165, 1.54) is 0 Å². The van der Waals surface area contributed by atoms with E-state index in [9.17, 15) is 5.11 Å². The van der Waals surface area contributed by atoms with Gasteiger partial charge in [0.15, 0.2) is 0 Å². The molecule has 0 spiro atoms. The fourth-order valence-corrected chi connectivity index (χ4v) is 2.47. The van der Waals surface area contributed by atoms with Gasteiger partial charge in [-0.25, -0.2) is 0 Å². The van der Waals surface area contributed by atoms with Crippen LogP contribution < -0.4 is 0 Å². The van der Waals surface area contributed by atoms with Crippen LogP contribution in [-0.4, -0.2) is 29.8 Å². The number of alkyl halides is 1. The van der Waals surface area contributed by atoms with Crippen LogP contribution in [0.3, 0.4) is 0 Å². The Balaban J connectivity index is 4.59. The van der Waals surface area contributed by atoms with Crippen LogP contribution in [0.4, 0.5) is 0 Å². The first-order valence-electron chi connectivity index (χ1n) is 5.56. The Hall–Kier alpha value is 0.140. The third kappa shape index (κ3) is 3.89. The van der Waals surface area contributed by atoms with E-state index < -0.39 is 0 Å². The lowest BCUT2D eigenvalue weighted by molar-refractivity contribution is 0.0562. The predicted molar refractivity (Wildman–Crippen MR) is 68.4 cm³/mol. The van der Waals surface area contributed by atoms with E-state index in [4.69, 9.17) is 4.74 Å². The molecule has 0 aromatic rings. The topological polar surface area (TPSA) is 29.5 Å². The van der Waals surface area contributed by atoms with Gasteiger partial charge in [0.25, 0.3) is 0 Å². The summed E-state index contributed by atoms with van der Waals surface area (Å²) in [6.45, 7) is 11.7. The van der Waals surface area contributed by atoms with Gasteiger partial charge in [-0.1, -0.05) is 43.3 Å². The van der Waals surface area contributed by atoms with Crippen LogP contribution in [0.5, 0.6) is 0 Å². The van der Waals surface area contributed by atoms with E-state index in [0.717, 1.165) is 25.0 Å². The molecule has 15 heavy (non-hydrogen) atoms. The Bertz CT molecular complexity index is 192. The Morgan fingerprint density at radius 1 is 1.53 bits per heavy atom. The van der Waals surface area contributed by atoms with E-state index >= 15 is 0 Å². The molecule has 2 atom stereocenters. The lowest BCUT2D eigenvalue weighted by Crippen LogP contribution is -2.37. The second-order valence-electron chi connectivity index (χ2n) is 3.94. The zero-order valence-electron chi connectivity index (χ0n) is 10.1. The molecular formula is C12H23BrO2. The van der Waals surface area contributed by atoms with Gasteiger partial charge >= 0.3 is 0 Å². The van der Waals surface area contributed by atoms with Crippen LogP contribution in [0.25, 0.3) is 0 Å². The van der Waals surface area contributed by atoms with E-state index in [1.54, 1.807) is 0 Å². The number of ether oxygens (including phenoxy) is 1. The summed E-state index contributed by atoms with van der Waals surface area (Å²) in [7, 11) is 0. The fraction of sp³-hybridized carbons (Fsp3) is 0.833. The summed E-state index contributed by atoms with van der Waals surface area (Å²) < 4.78 is 5.62. The van der Waals surface area contributed by atoms with Gasteiger partial charge < -0.3 is 9.84 Å². The summed E-state index contributed by atoms with van der Waals surface area (Å²) in [4.78, 5) is 0.256. The van der Waals surface area contributed by atoms with Crippen molar-refractivity contribution in [2.45, 2.75) is 38.4 Å². The molecule has 0 aliphatic carbocycles. The summed E-state index contributed by atoms with van der Waals surface area (Å²) in [5, 5.41) is 9.23. The fourth-order valence-electron chi connectivity index (χ4n) is 1.69. The minimum absolute atomic E-state index is 0.0270. The van der Waals surface area contributed by atoms with Crippen molar-refractivity contribution in [3.8, 4) is 0 Å². The molecule has 0 aliphatic rings. The number of halogens is 1. The number of aliphatic hydroxyl groups excluding tert-OH is 1. The molecule has 0 heterocycles. The van der Waals surface area contributed by atoms with Gasteiger partial charge in [0, 0.05) is 16.8 Å². The molecule has 0 saturated carbocycles. The minimum atomic E-state index is -0.149. The maximum atomic E-state index is 9.23. The van der Waals surface area contributed by atoms with Crippen LogP contribution in [-0.2, 0) is 4.74 Å². The van der Waals surface area contributed by atoms with Crippen molar-refractivity contribution < 1.29 is 9.84 Å². The standard InChI is InChI=1S/C12H23BrO2/c1-5-7-15-9-12(6-2,11(4)13)10(3)8-14/h11,14H,3,5-9H2,1-2,4H3/t11?,12-/m0/s1.